The number of hydrogen-bond donors (Lipinski definition) is 1. The van der Waals surface area contributed by atoms with Crippen molar-refractivity contribution < 1.29 is 13.9 Å². The Bertz CT molecular complexity index is 403. The molecule has 0 spiro atoms. The van der Waals surface area contributed by atoms with Crippen LogP contribution in [-0.2, 0) is 16.1 Å². The molecule has 1 atom stereocenters. The molecule has 1 fully saturated rings. The van der Waals surface area contributed by atoms with Gasteiger partial charge in [0.25, 0.3) is 0 Å². The van der Waals surface area contributed by atoms with E-state index in [-0.39, 0.29) is 12.0 Å². The van der Waals surface area contributed by atoms with Gasteiger partial charge in [-0.25, -0.2) is 0 Å². The summed E-state index contributed by atoms with van der Waals surface area (Å²) in [7, 11) is 0. The molecule has 0 saturated carbocycles. The van der Waals surface area contributed by atoms with E-state index in [0.717, 1.165) is 24.6 Å². The smallest absolute Gasteiger partial charge is 0.324 e. The molecule has 1 aromatic heterocycles. The van der Waals surface area contributed by atoms with Crippen molar-refractivity contribution in [3.05, 3.63) is 23.7 Å². The Morgan fingerprint density at radius 3 is 3.11 bits per heavy atom. The fourth-order valence-corrected chi connectivity index (χ4v) is 2.18. The van der Waals surface area contributed by atoms with E-state index < -0.39 is 0 Å². The Morgan fingerprint density at radius 2 is 2.44 bits per heavy atom. The lowest BCUT2D eigenvalue weighted by Gasteiger charge is -2.33. The summed E-state index contributed by atoms with van der Waals surface area (Å²) in [5, 5.41) is 3.22. The third-order valence-corrected chi connectivity index (χ3v) is 3.07. The third-order valence-electron chi connectivity index (χ3n) is 3.07. The van der Waals surface area contributed by atoms with Gasteiger partial charge >= 0.3 is 5.97 Å². The van der Waals surface area contributed by atoms with E-state index in [4.69, 9.17) is 9.15 Å². The van der Waals surface area contributed by atoms with Crippen molar-refractivity contribution in [1.82, 2.24) is 10.2 Å². The molecule has 2 rings (SSSR count). The van der Waals surface area contributed by atoms with E-state index in [9.17, 15) is 4.79 Å². The molecule has 0 aliphatic carbocycles. The predicted octanol–water partition coefficient (Wildman–Crippen LogP) is 0.925. The summed E-state index contributed by atoms with van der Waals surface area (Å²) < 4.78 is 10.7. The molecule has 0 radical (unpaired) electrons. The van der Waals surface area contributed by atoms with Gasteiger partial charge in [0.15, 0.2) is 0 Å². The zero-order chi connectivity index (χ0) is 13.0. The second kappa shape index (κ2) is 6.02. The molecule has 18 heavy (non-hydrogen) atoms. The highest BCUT2D eigenvalue weighted by molar-refractivity contribution is 5.76. The van der Waals surface area contributed by atoms with E-state index in [0.29, 0.717) is 19.7 Å². The van der Waals surface area contributed by atoms with Crippen molar-refractivity contribution >= 4 is 5.97 Å². The van der Waals surface area contributed by atoms with E-state index in [2.05, 4.69) is 10.2 Å². The minimum absolute atomic E-state index is 0.159. The molecule has 1 unspecified atom stereocenters. The highest BCUT2D eigenvalue weighted by Crippen LogP contribution is 2.14. The molecule has 5 nitrogen and oxygen atoms in total. The van der Waals surface area contributed by atoms with Crippen LogP contribution in [0.25, 0.3) is 0 Å². The lowest BCUT2D eigenvalue weighted by molar-refractivity contribution is -0.150. The van der Waals surface area contributed by atoms with Crippen LogP contribution in [0.15, 0.2) is 16.5 Å². The van der Waals surface area contributed by atoms with Crippen molar-refractivity contribution in [3.8, 4) is 0 Å². The molecular formula is C13H20N2O3. The van der Waals surface area contributed by atoms with Crippen molar-refractivity contribution in [1.29, 1.82) is 0 Å². The minimum atomic E-state index is -0.218. The van der Waals surface area contributed by atoms with Crippen molar-refractivity contribution in [2.24, 2.45) is 0 Å². The fourth-order valence-electron chi connectivity index (χ4n) is 2.18. The Kier molecular flexibility index (Phi) is 4.38. The zero-order valence-electron chi connectivity index (χ0n) is 10.9. The fraction of sp³-hybridized carbons (Fsp3) is 0.615. The largest absolute Gasteiger partial charge is 0.465 e. The number of hydrogen-bond acceptors (Lipinski definition) is 5. The molecule has 1 aliphatic heterocycles. The lowest BCUT2D eigenvalue weighted by atomic mass is 10.2. The van der Waals surface area contributed by atoms with Gasteiger partial charge in [-0.1, -0.05) is 0 Å². The second-order valence-corrected chi connectivity index (χ2v) is 4.45. The molecule has 0 bridgehead atoms. The summed E-state index contributed by atoms with van der Waals surface area (Å²) in [5.41, 5.74) is 0. The van der Waals surface area contributed by atoms with E-state index in [1.165, 1.54) is 0 Å². The SMILES string of the molecule is CCOC(=O)C1CNCCN1Cc1ccc(C)o1. The molecule has 1 aliphatic rings. The quantitative estimate of drug-likeness (QED) is 0.808. The molecule has 1 saturated heterocycles. The van der Waals surface area contributed by atoms with Crippen LogP contribution in [0.1, 0.15) is 18.4 Å². The van der Waals surface area contributed by atoms with Crippen LogP contribution in [0.5, 0.6) is 0 Å². The Hall–Kier alpha value is -1.33. The standard InChI is InChI=1S/C13H20N2O3/c1-3-17-13(16)12-8-14-6-7-15(12)9-11-5-4-10(2)18-11/h4-5,12,14H,3,6-9H2,1-2H3. The predicted molar refractivity (Wildman–Crippen MR) is 67.1 cm³/mol. The van der Waals surface area contributed by atoms with Gasteiger partial charge in [0.2, 0.25) is 0 Å². The number of nitrogens with one attached hydrogen (secondary N) is 1. The number of carbonyl (C=O) groups is 1. The first-order valence-corrected chi connectivity index (χ1v) is 6.37. The minimum Gasteiger partial charge on any atom is -0.465 e. The van der Waals surface area contributed by atoms with E-state index >= 15 is 0 Å². The molecule has 0 aromatic carbocycles. The zero-order valence-corrected chi connectivity index (χ0v) is 10.9. The number of ether oxygens (including phenoxy) is 1. The first-order chi connectivity index (χ1) is 8.70. The summed E-state index contributed by atoms with van der Waals surface area (Å²) in [6.45, 7) is 7.16. The number of furan rings is 1. The summed E-state index contributed by atoms with van der Waals surface area (Å²) in [6, 6.07) is 3.68. The summed E-state index contributed by atoms with van der Waals surface area (Å²) >= 11 is 0. The van der Waals surface area contributed by atoms with Crippen LogP contribution in [0.2, 0.25) is 0 Å². The maximum atomic E-state index is 11.9. The highest BCUT2D eigenvalue weighted by atomic mass is 16.5. The van der Waals surface area contributed by atoms with Crippen molar-refractivity contribution in [2.75, 3.05) is 26.2 Å². The number of carbonyl (C=O) groups excluding carboxylic acids is 1. The first kappa shape index (κ1) is 13.1. The van der Waals surface area contributed by atoms with Crippen LogP contribution >= 0.6 is 0 Å². The van der Waals surface area contributed by atoms with Crippen molar-refractivity contribution in [2.45, 2.75) is 26.4 Å². The molecule has 1 N–H and O–H groups in total. The number of piperazine rings is 1. The molecule has 2 heterocycles. The molecule has 0 amide bonds. The maximum absolute atomic E-state index is 11.9. The summed E-state index contributed by atoms with van der Waals surface area (Å²) in [4.78, 5) is 14.0. The van der Waals surface area contributed by atoms with E-state index in [1.54, 1.807) is 0 Å². The molecule has 100 valence electrons. The van der Waals surface area contributed by atoms with Crippen LogP contribution < -0.4 is 5.32 Å². The van der Waals surface area contributed by atoms with Gasteiger partial charge in [-0.3, -0.25) is 9.69 Å². The van der Waals surface area contributed by atoms with Gasteiger partial charge in [0, 0.05) is 19.6 Å². The monoisotopic (exact) mass is 252 g/mol. The van der Waals surface area contributed by atoms with Crippen molar-refractivity contribution in [3.63, 3.8) is 0 Å². The third kappa shape index (κ3) is 3.11. The number of rotatable bonds is 4. The Morgan fingerprint density at radius 1 is 1.61 bits per heavy atom. The average Bonchev–Trinajstić information content (AvgIpc) is 2.76. The number of aryl methyl sites for hydroxylation is 1. The van der Waals surface area contributed by atoms with Gasteiger partial charge in [-0.2, -0.15) is 0 Å². The first-order valence-electron chi connectivity index (χ1n) is 6.37. The van der Waals surface area contributed by atoms with Gasteiger partial charge in [0.05, 0.1) is 13.2 Å². The van der Waals surface area contributed by atoms with Gasteiger partial charge < -0.3 is 14.5 Å². The second-order valence-electron chi connectivity index (χ2n) is 4.45. The summed E-state index contributed by atoms with van der Waals surface area (Å²) in [6.07, 6.45) is 0. The highest BCUT2D eigenvalue weighted by Gasteiger charge is 2.30. The lowest BCUT2D eigenvalue weighted by Crippen LogP contribution is -2.54. The number of nitrogens with zero attached hydrogens (tertiary/aromatic N) is 1. The van der Waals surface area contributed by atoms with E-state index in [1.807, 2.05) is 26.0 Å². The van der Waals surface area contributed by atoms with Crippen LogP contribution in [0.3, 0.4) is 0 Å². The van der Waals surface area contributed by atoms with Gasteiger partial charge in [-0.05, 0) is 26.0 Å². The van der Waals surface area contributed by atoms with Gasteiger partial charge in [-0.15, -0.1) is 0 Å². The molecule has 1 aromatic rings. The maximum Gasteiger partial charge on any atom is 0.324 e. The topological polar surface area (TPSA) is 54.7 Å². The summed E-state index contributed by atoms with van der Waals surface area (Å²) in [5.74, 6) is 1.63. The normalized spacial score (nSPS) is 20.9. The van der Waals surface area contributed by atoms with Crippen LogP contribution in [0.4, 0.5) is 0 Å². The number of esters is 1. The van der Waals surface area contributed by atoms with Crippen LogP contribution in [-0.4, -0.2) is 43.2 Å². The Labute approximate surface area is 107 Å². The molecular weight excluding hydrogens is 232 g/mol. The average molecular weight is 252 g/mol. The van der Waals surface area contributed by atoms with Crippen LogP contribution in [0, 0.1) is 6.92 Å². The van der Waals surface area contributed by atoms with Gasteiger partial charge in [0.1, 0.15) is 17.6 Å². The Balaban J connectivity index is 2.01. The molecule has 5 heteroatoms.